The van der Waals surface area contributed by atoms with Gasteiger partial charge in [0, 0.05) is 0 Å². The maximum Gasteiger partial charge on any atom is 0.273 e. The maximum atomic E-state index is 4.48. The Morgan fingerprint density at radius 2 is 2.50 bits per heavy atom. The molecule has 1 nitrogen and oxygen atoms in total. The molecule has 0 bridgehead atoms. The zero-order valence-corrected chi connectivity index (χ0v) is 4.11. The molecule has 0 N–H and O–H groups in total. The Kier molecular flexibility index (Phi) is 4.41. The number of hydrogen-bond donors (Lipinski definition) is 0. The van der Waals surface area contributed by atoms with E-state index in [2.05, 4.69) is 18.1 Å². The van der Waals surface area contributed by atoms with Crippen molar-refractivity contribution in [1.29, 1.82) is 0 Å². The summed E-state index contributed by atoms with van der Waals surface area (Å²) in [7, 11) is 0. The first-order valence-corrected chi connectivity index (χ1v) is 2.10. The molecule has 1 radical (unpaired) electrons. The Bertz CT molecular complexity index is 32.9. The molecule has 35 valence electrons. The lowest BCUT2D eigenvalue weighted by Gasteiger charge is -1.73. The molecule has 0 atom stereocenters. The fraction of sp³-hybridized carbons (Fsp3) is 0.600. The molecule has 0 aromatic rings. The number of hydrogen-bond acceptors (Lipinski definition) is 0. The monoisotopic (exact) mass is 86.1 g/mol. The highest BCUT2D eigenvalue weighted by Crippen LogP contribution is 1.78. The SMILES string of the molecule is C=[O+]C[CH]CC. The van der Waals surface area contributed by atoms with Crippen molar-refractivity contribution in [2.24, 2.45) is 0 Å². The third kappa shape index (κ3) is 3.67. The van der Waals surface area contributed by atoms with Crippen molar-refractivity contribution in [3.05, 3.63) is 6.42 Å². The summed E-state index contributed by atoms with van der Waals surface area (Å²) >= 11 is 0. The first kappa shape index (κ1) is 5.67. The molecule has 0 saturated carbocycles. The van der Waals surface area contributed by atoms with Gasteiger partial charge in [-0.05, 0) is 6.42 Å². The van der Waals surface area contributed by atoms with Gasteiger partial charge in [0.1, 0.15) is 0 Å². The first-order chi connectivity index (χ1) is 2.91. The summed E-state index contributed by atoms with van der Waals surface area (Å²) in [5, 5.41) is 0. The van der Waals surface area contributed by atoms with Crippen LogP contribution in [-0.2, 0) is 4.42 Å². The standard InChI is InChI=1S/C5H10O/c1-3-4-5-6-2/h4H,2-3,5H2,1H3/q+1. The summed E-state index contributed by atoms with van der Waals surface area (Å²) in [5.41, 5.74) is 0. The Hall–Kier alpha value is -0.330. The summed E-state index contributed by atoms with van der Waals surface area (Å²) in [6, 6.07) is 0. The van der Waals surface area contributed by atoms with Crippen LogP contribution in [0.25, 0.3) is 0 Å². The van der Waals surface area contributed by atoms with Gasteiger partial charge in [-0.1, -0.05) is 6.92 Å². The predicted octanol–water partition coefficient (Wildman–Crippen LogP) is 0.965. The minimum atomic E-state index is 0.677. The van der Waals surface area contributed by atoms with Gasteiger partial charge in [-0.2, -0.15) is 0 Å². The van der Waals surface area contributed by atoms with Crippen LogP contribution in [0.4, 0.5) is 0 Å². The van der Waals surface area contributed by atoms with Crippen LogP contribution in [0.3, 0.4) is 0 Å². The molecule has 0 spiro atoms. The van der Waals surface area contributed by atoms with Gasteiger partial charge in [-0.3, -0.25) is 4.42 Å². The molecule has 6 heavy (non-hydrogen) atoms. The van der Waals surface area contributed by atoms with Gasteiger partial charge in [-0.25, -0.2) is 0 Å². The molecule has 0 unspecified atom stereocenters. The largest absolute Gasteiger partial charge is 0.273 e. The summed E-state index contributed by atoms with van der Waals surface area (Å²) in [5.74, 6) is 0. The highest BCUT2D eigenvalue weighted by Gasteiger charge is 1.82. The molecule has 0 aromatic carbocycles. The Balaban J connectivity index is 2.49. The van der Waals surface area contributed by atoms with Crippen molar-refractivity contribution in [2.45, 2.75) is 13.3 Å². The van der Waals surface area contributed by atoms with Gasteiger partial charge in [-0.15, -0.1) is 0 Å². The minimum Gasteiger partial charge on any atom is -0.270 e. The van der Waals surface area contributed by atoms with Gasteiger partial charge in [0.25, 0.3) is 13.4 Å². The van der Waals surface area contributed by atoms with Gasteiger partial charge in [0.2, 0.25) is 0 Å². The first-order valence-electron chi connectivity index (χ1n) is 2.10. The van der Waals surface area contributed by atoms with Crippen LogP contribution in [-0.4, -0.2) is 13.4 Å². The lowest BCUT2D eigenvalue weighted by molar-refractivity contribution is -0.438. The molecule has 0 rings (SSSR count). The van der Waals surface area contributed by atoms with E-state index >= 15 is 0 Å². The molecule has 0 aliphatic heterocycles. The van der Waals surface area contributed by atoms with E-state index in [4.69, 9.17) is 0 Å². The average molecular weight is 86.1 g/mol. The van der Waals surface area contributed by atoms with Gasteiger partial charge < -0.3 is 0 Å². The second-order valence-electron chi connectivity index (χ2n) is 1.07. The Morgan fingerprint density at radius 3 is 2.67 bits per heavy atom. The second kappa shape index (κ2) is 4.67. The normalized spacial score (nSPS) is 8.17. The van der Waals surface area contributed by atoms with Crippen LogP contribution in [0.15, 0.2) is 0 Å². The van der Waals surface area contributed by atoms with E-state index in [9.17, 15) is 0 Å². The predicted molar refractivity (Wildman–Crippen MR) is 26.6 cm³/mol. The van der Waals surface area contributed by atoms with Gasteiger partial charge in [0.15, 0.2) is 0 Å². The Labute approximate surface area is 38.7 Å². The van der Waals surface area contributed by atoms with Crippen molar-refractivity contribution in [3.63, 3.8) is 0 Å². The van der Waals surface area contributed by atoms with E-state index in [0.29, 0.717) is 6.61 Å². The van der Waals surface area contributed by atoms with Gasteiger partial charge >= 0.3 is 0 Å². The van der Waals surface area contributed by atoms with E-state index in [-0.39, 0.29) is 0 Å². The third-order valence-electron chi connectivity index (χ3n) is 0.524. The van der Waals surface area contributed by atoms with Crippen molar-refractivity contribution >= 4 is 6.79 Å². The fourth-order valence-corrected chi connectivity index (χ4v) is 0.201. The molecular weight excluding hydrogens is 76.1 g/mol. The quantitative estimate of drug-likeness (QED) is 0.358. The van der Waals surface area contributed by atoms with Crippen LogP contribution in [0.2, 0.25) is 0 Å². The van der Waals surface area contributed by atoms with E-state index in [0.717, 1.165) is 6.42 Å². The zero-order valence-electron chi connectivity index (χ0n) is 4.11. The van der Waals surface area contributed by atoms with E-state index in [1.807, 2.05) is 6.42 Å². The summed E-state index contributed by atoms with van der Waals surface area (Å²) in [6.07, 6.45) is 3.09. The topological polar surface area (TPSA) is 11.3 Å². The van der Waals surface area contributed by atoms with Crippen molar-refractivity contribution in [2.75, 3.05) is 6.61 Å². The van der Waals surface area contributed by atoms with Crippen LogP contribution >= 0.6 is 0 Å². The van der Waals surface area contributed by atoms with E-state index in [1.165, 1.54) is 0 Å². The van der Waals surface area contributed by atoms with Gasteiger partial charge in [0.05, 0.1) is 6.42 Å². The second-order valence-corrected chi connectivity index (χ2v) is 1.07. The number of unbranched alkanes of at least 4 members (excludes halogenated alkanes) is 1. The lowest BCUT2D eigenvalue weighted by atomic mass is 10.4. The fourth-order valence-electron chi connectivity index (χ4n) is 0.201. The smallest absolute Gasteiger partial charge is 0.270 e. The van der Waals surface area contributed by atoms with Crippen LogP contribution in [0.1, 0.15) is 13.3 Å². The highest BCUT2D eigenvalue weighted by molar-refractivity contribution is 5.12. The van der Waals surface area contributed by atoms with Crippen LogP contribution in [0, 0.1) is 6.42 Å². The maximum absolute atomic E-state index is 4.48. The molecule has 0 amide bonds. The molecule has 1 heteroatoms. The molecule has 0 aromatic heterocycles. The number of rotatable bonds is 3. The summed E-state index contributed by atoms with van der Waals surface area (Å²) < 4.78 is 4.48. The molecule has 0 fully saturated rings. The molecule has 0 aliphatic carbocycles. The van der Waals surface area contributed by atoms with Crippen molar-refractivity contribution in [1.82, 2.24) is 0 Å². The summed E-state index contributed by atoms with van der Waals surface area (Å²) in [4.78, 5) is 0. The van der Waals surface area contributed by atoms with Crippen molar-refractivity contribution in [3.8, 4) is 0 Å². The lowest BCUT2D eigenvalue weighted by Crippen LogP contribution is -1.80. The third-order valence-corrected chi connectivity index (χ3v) is 0.524. The Morgan fingerprint density at radius 1 is 1.83 bits per heavy atom. The zero-order chi connectivity index (χ0) is 4.83. The highest BCUT2D eigenvalue weighted by atomic mass is 16.4. The van der Waals surface area contributed by atoms with Crippen molar-refractivity contribution < 1.29 is 4.42 Å². The molecule has 0 saturated heterocycles. The van der Waals surface area contributed by atoms with Crippen LogP contribution in [0.5, 0.6) is 0 Å². The number of carbonyl (C=O) groups excluding carboxylic acids is 1. The summed E-state index contributed by atoms with van der Waals surface area (Å²) in [6.45, 7) is 5.94. The van der Waals surface area contributed by atoms with Crippen LogP contribution < -0.4 is 0 Å². The molecule has 0 heterocycles. The minimum absolute atomic E-state index is 0.677. The van der Waals surface area contributed by atoms with E-state index < -0.39 is 0 Å². The van der Waals surface area contributed by atoms with E-state index in [1.54, 1.807) is 0 Å². The molecular formula is C5H10O+. The molecule has 0 aliphatic rings. The average Bonchev–Trinajstić information content (AvgIpc) is 1.61.